The Morgan fingerprint density at radius 3 is 1.67 bits per heavy atom. The highest BCUT2D eigenvalue weighted by Gasteiger charge is 2.40. The maximum Gasteiger partial charge on any atom is 0.336 e. The lowest BCUT2D eigenvalue weighted by Gasteiger charge is -2.18. The molecular formula is C21H40N4O8. The van der Waals surface area contributed by atoms with Gasteiger partial charge in [-0.2, -0.15) is 0 Å². The first-order chi connectivity index (χ1) is 15.4. The van der Waals surface area contributed by atoms with Crippen molar-refractivity contribution in [3.63, 3.8) is 0 Å². The van der Waals surface area contributed by atoms with Crippen LogP contribution in [-0.2, 0) is 19.2 Å². The van der Waals surface area contributed by atoms with Crippen molar-refractivity contribution in [1.29, 1.82) is 0 Å². The van der Waals surface area contributed by atoms with E-state index in [9.17, 15) is 19.2 Å². The molecule has 9 N–H and O–H groups in total. The van der Waals surface area contributed by atoms with Gasteiger partial charge in [-0.1, -0.05) is 58.3 Å². The maximum atomic E-state index is 11.5. The van der Waals surface area contributed by atoms with Crippen LogP contribution in [0.2, 0.25) is 0 Å². The van der Waals surface area contributed by atoms with E-state index in [4.69, 9.17) is 31.9 Å². The summed E-state index contributed by atoms with van der Waals surface area (Å²) in [7, 11) is 0. The summed E-state index contributed by atoms with van der Waals surface area (Å²) >= 11 is 0. The van der Waals surface area contributed by atoms with Crippen LogP contribution in [0.1, 0.15) is 84.0 Å². The van der Waals surface area contributed by atoms with Crippen molar-refractivity contribution in [3.05, 3.63) is 0 Å². The summed E-state index contributed by atoms with van der Waals surface area (Å²) in [4.78, 5) is 45.8. The number of carboxylic acid groups (broad SMARTS) is 3. The second kappa shape index (κ2) is 19.8. The molecule has 0 saturated heterocycles. The lowest BCUT2D eigenvalue weighted by Crippen LogP contribution is -2.42. The summed E-state index contributed by atoms with van der Waals surface area (Å²) in [6.07, 6.45) is 9.72. The second-order valence-electron chi connectivity index (χ2n) is 7.71. The van der Waals surface area contributed by atoms with Gasteiger partial charge in [0.05, 0.1) is 19.4 Å². The van der Waals surface area contributed by atoms with E-state index in [1.807, 2.05) is 0 Å². The number of aliphatic hydroxyl groups is 1. The molecule has 0 aliphatic heterocycles. The zero-order chi connectivity index (χ0) is 25.7. The van der Waals surface area contributed by atoms with Crippen LogP contribution in [-0.4, -0.2) is 68.9 Å². The SMILES string of the molecule is CCCCCCCCCCCC(=O)NCCN=C(N)N.O=C(O)CC(O)(CC(=O)O)C(=O)O. The van der Waals surface area contributed by atoms with Gasteiger partial charge in [-0.05, 0) is 6.42 Å². The van der Waals surface area contributed by atoms with Crippen molar-refractivity contribution < 1.29 is 39.6 Å². The number of nitrogens with one attached hydrogen (secondary N) is 1. The molecule has 0 heterocycles. The predicted molar refractivity (Wildman–Crippen MR) is 123 cm³/mol. The first kappa shape index (κ1) is 32.3. The molecule has 1 amide bonds. The van der Waals surface area contributed by atoms with E-state index < -0.39 is 36.4 Å². The Labute approximate surface area is 194 Å². The smallest absolute Gasteiger partial charge is 0.336 e. The van der Waals surface area contributed by atoms with Gasteiger partial charge in [-0.15, -0.1) is 0 Å². The number of hydrogen-bond acceptors (Lipinski definition) is 6. The first-order valence-electron chi connectivity index (χ1n) is 11.2. The first-order valence-corrected chi connectivity index (χ1v) is 11.2. The summed E-state index contributed by atoms with van der Waals surface area (Å²) in [5.41, 5.74) is 7.64. The topological polar surface area (TPSA) is 226 Å². The van der Waals surface area contributed by atoms with Gasteiger partial charge in [0.2, 0.25) is 5.91 Å². The Bertz CT molecular complexity index is 605. The summed E-state index contributed by atoms with van der Waals surface area (Å²) in [6, 6.07) is 0. The van der Waals surface area contributed by atoms with Crippen molar-refractivity contribution >= 4 is 29.8 Å². The molecule has 0 aliphatic rings. The molecule has 0 aromatic carbocycles. The van der Waals surface area contributed by atoms with Gasteiger partial charge in [0, 0.05) is 13.0 Å². The van der Waals surface area contributed by atoms with Crippen molar-refractivity contribution in [3.8, 4) is 0 Å². The van der Waals surface area contributed by atoms with Crippen LogP contribution in [0.15, 0.2) is 4.99 Å². The van der Waals surface area contributed by atoms with Gasteiger partial charge < -0.3 is 37.2 Å². The third-order valence-corrected chi connectivity index (χ3v) is 4.52. The zero-order valence-corrected chi connectivity index (χ0v) is 19.4. The van der Waals surface area contributed by atoms with Crippen LogP contribution >= 0.6 is 0 Å². The lowest BCUT2D eigenvalue weighted by atomic mass is 9.96. The quantitative estimate of drug-likeness (QED) is 0.0844. The predicted octanol–water partition coefficient (Wildman–Crippen LogP) is 1.05. The zero-order valence-electron chi connectivity index (χ0n) is 19.4. The number of unbranched alkanes of at least 4 members (excludes halogenated alkanes) is 8. The Kier molecular flexibility index (Phi) is 19.3. The second-order valence-corrected chi connectivity index (χ2v) is 7.71. The highest BCUT2D eigenvalue weighted by molar-refractivity contribution is 5.88. The number of carbonyl (C=O) groups is 4. The minimum Gasteiger partial charge on any atom is -0.481 e. The molecule has 0 spiro atoms. The van der Waals surface area contributed by atoms with E-state index in [1.165, 1.54) is 44.9 Å². The molecule has 12 nitrogen and oxygen atoms in total. The highest BCUT2D eigenvalue weighted by atomic mass is 16.4. The van der Waals surface area contributed by atoms with Gasteiger partial charge in [-0.3, -0.25) is 19.4 Å². The number of carboxylic acids is 3. The van der Waals surface area contributed by atoms with Crippen LogP contribution in [0, 0.1) is 0 Å². The number of rotatable bonds is 18. The van der Waals surface area contributed by atoms with E-state index in [1.54, 1.807) is 0 Å². The van der Waals surface area contributed by atoms with Crippen LogP contribution in [0.3, 0.4) is 0 Å². The molecule has 0 aromatic rings. The number of amides is 1. The molecule has 0 bridgehead atoms. The molecule has 33 heavy (non-hydrogen) atoms. The van der Waals surface area contributed by atoms with Crippen molar-refractivity contribution in [2.45, 2.75) is 89.6 Å². The number of hydrogen-bond donors (Lipinski definition) is 7. The van der Waals surface area contributed by atoms with Crippen LogP contribution in [0.25, 0.3) is 0 Å². The highest BCUT2D eigenvalue weighted by Crippen LogP contribution is 2.15. The van der Waals surface area contributed by atoms with Gasteiger partial charge in [0.25, 0.3) is 0 Å². The minimum absolute atomic E-state index is 0.0678. The normalized spacial score (nSPS) is 10.5. The summed E-state index contributed by atoms with van der Waals surface area (Å²) in [6.45, 7) is 3.20. The fraction of sp³-hybridized carbons (Fsp3) is 0.762. The third kappa shape index (κ3) is 22.1. The standard InChI is InChI=1S/C15H32N4O.C6H8O7/c1-2-3-4-5-6-7-8-9-10-11-14(20)18-12-13-19-15(16)17;7-3(8)1-6(13,5(11)12)2-4(9)10/h2-13H2,1H3,(H,18,20)(H4,16,17,19);13H,1-2H2,(H,7,8)(H,9,10)(H,11,12). The minimum atomic E-state index is -2.74. The molecule has 192 valence electrons. The summed E-state index contributed by atoms with van der Waals surface area (Å²) in [5.74, 6) is -4.86. The molecule has 0 atom stereocenters. The van der Waals surface area contributed by atoms with Crippen LogP contribution < -0.4 is 16.8 Å². The Balaban J connectivity index is 0. The van der Waals surface area contributed by atoms with Crippen molar-refractivity contribution in [1.82, 2.24) is 5.32 Å². The van der Waals surface area contributed by atoms with Crippen LogP contribution in [0.4, 0.5) is 0 Å². The average Bonchev–Trinajstić information content (AvgIpc) is 2.69. The van der Waals surface area contributed by atoms with Crippen molar-refractivity contribution in [2.75, 3.05) is 13.1 Å². The molecular weight excluding hydrogens is 436 g/mol. The monoisotopic (exact) mass is 476 g/mol. The number of carbonyl (C=O) groups excluding carboxylic acids is 1. The largest absolute Gasteiger partial charge is 0.481 e. The van der Waals surface area contributed by atoms with E-state index in [-0.39, 0.29) is 11.9 Å². The molecule has 12 heteroatoms. The molecule has 0 rings (SSSR count). The molecule has 0 radical (unpaired) electrons. The van der Waals surface area contributed by atoms with E-state index in [0.717, 1.165) is 12.8 Å². The van der Waals surface area contributed by atoms with Gasteiger partial charge >= 0.3 is 17.9 Å². The Hall–Kier alpha value is -2.89. The average molecular weight is 477 g/mol. The van der Waals surface area contributed by atoms with Gasteiger partial charge in [-0.25, -0.2) is 4.79 Å². The Morgan fingerprint density at radius 1 is 0.818 bits per heavy atom. The van der Waals surface area contributed by atoms with E-state index >= 15 is 0 Å². The van der Waals surface area contributed by atoms with Crippen molar-refractivity contribution in [2.24, 2.45) is 16.5 Å². The summed E-state index contributed by atoms with van der Waals surface area (Å²) < 4.78 is 0. The van der Waals surface area contributed by atoms with E-state index in [2.05, 4.69) is 17.2 Å². The van der Waals surface area contributed by atoms with Crippen LogP contribution in [0.5, 0.6) is 0 Å². The fourth-order valence-corrected chi connectivity index (χ4v) is 2.78. The lowest BCUT2D eigenvalue weighted by molar-refractivity contribution is -0.170. The number of aliphatic carboxylic acids is 3. The molecule has 0 aromatic heterocycles. The number of guanidine groups is 1. The molecule has 0 fully saturated rings. The maximum absolute atomic E-state index is 11.5. The van der Waals surface area contributed by atoms with Gasteiger partial charge in [0.1, 0.15) is 0 Å². The van der Waals surface area contributed by atoms with Gasteiger partial charge in [0.15, 0.2) is 11.6 Å². The third-order valence-electron chi connectivity index (χ3n) is 4.52. The van der Waals surface area contributed by atoms with E-state index in [0.29, 0.717) is 19.5 Å². The molecule has 0 saturated carbocycles. The molecule has 0 unspecified atom stereocenters. The Morgan fingerprint density at radius 2 is 1.27 bits per heavy atom. The number of nitrogens with two attached hydrogens (primary N) is 2. The molecule has 0 aliphatic carbocycles. The number of nitrogens with zero attached hydrogens (tertiary/aromatic N) is 1. The summed E-state index contributed by atoms with van der Waals surface area (Å²) in [5, 5.41) is 36.6. The fourth-order valence-electron chi connectivity index (χ4n) is 2.78. The number of aliphatic imine (C=N–C) groups is 1.